The van der Waals surface area contributed by atoms with Crippen molar-refractivity contribution in [3.8, 4) is 11.8 Å². The maximum Gasteiger partial charge on any atom is 0.247 e. The molecule has 6 aliphatic rings. The molecule has 2 aromatic rings. The van der Waals surface area contributed by atoms with E-state index in [1.807, 2.05) is 0 Å². The lowest BCUT2D eigenvalue weighted by atomic mass is 8.96. The van der Waals surface area contributed by atoms with E-state index in [9.17, 15) is 13.2 Å². The Morgan fingerprint density at radius 1 is 0.975 bits per heavy atom. The molecule has 16 heteroatoms. The molecule has 2 aromatic heterocycles. The molecule has 6 saturated carbocycles. The van der Waals surface area contributed by atoms with Gasteiger partial charge in [0.1, 0.15) is 17.7 Å². The van der Waals surface area contributed by atoms with Gasteiger partial charge in [0.05, 0.1) is 24.7 Å². The van der Waals surface area contributed by atoms with E-state index in [0.717, 1.165) is 5.92 Å². The largest absolute Gasteiger partial charge is 0.479 e. The summed E-state index contributed by atoms with van der Waals surface area (Å²) in [7, 11) is -0.107. The number of halogens is 1. The molecule has 212 valence electrons. The topological polar surface area (TPSA) is 179 Å². The van der Waals surface area contributed by atoms with Crippen LogP contribution in [0.25, 0.3) is 0 Å². The van der Waals surface area contributed by atoms with E-state index in [0.29, 0.717) is 40.5 Å². The summed E-state index contributed by atoms with van der Waals surface area (Å²) in [6, 6.07) is 0. The van der Waals surface area contributed by atoms with Crippen molar-refractivity contribution in [2.75, 3.05) is 21.3 Å². The van der Waals surface area contributed by atoms with Gasteiger partial charge in [0.15, 0.2) is 11.5 Å². The molecular weight excluding hydrogens is 564 g/mol. The zero-order valence-electron chi connectivity index (χ0n) is 21.9. The minimum absolute atomic E-state index is 0.0142. The molecule has 8 rings (SSSR count). The number of hydrogen-bond donors (Lipinski definition) is 3. The van der Waals surface area contributed by atoms with Crippen LogP contribution >= 0.6 is 11.6 Å². The number of sulfonamides is 1. The average molecular weight is 591 g/mol. The van der Waals surface area contributed by atoms with Crippen LogP contribution in [-0.2, 0) is 19.6 Å². The summed E-state index contributed by atoms with van der Waals surface area (Å²) >= 11 is 5.88. The molecule has 6 aliphatic carbocycles. The second-order valence-electron chi connectivity index (χ2n) is 10.9. The van der Waals surface area contributed by atoms with Crippen molar-refractivity contribution in [3.63, 3.8) is 0 Å². The van der Waals surface area contributed by atoms with Gasteiger partial charge in [-0.25, -0.2) is 23.4 Å². The van der Waals surface area contributed by atoms with Crippen LogP contribution in [-0.4, -0.2) is 66.8 Å². The first-order valence-corrected chi connectivity index (χ1v) is 14.7. The summed E-state index contributed by atoms with van der Waals surface area (Å²) in [4.78, 5) is 34.0. The molecule has 0 bridgehead atoms. The van der Waals surface area contributed by atoms with Crippen LogP contribution in [0, 0.1) is 46.8 Å². The van der Waals surface area contributed by atoms with E-state index in [1.54, 1.807) is 0 Å². The lowest BCUT2D eigenvalue weighted by molar-refractivity contribution is -0.596. The zero-order chi connectivity index (χ0) is 28.1. The first-order chi connectivity index (χ1) is 19.2. The lowest BCUT2D eigenvalue weighted by Gasteiger charge is -3.06. The van der Waals surface area contributed by atoms with Gasteiger partial charge in [0.25, 0.3) is 0 Å². The van der Waals surface area contributed by atoms with Crippen molar-refractivity contribution < 1.29 is 27.4 Å². The summed E-state index contributed by atoms with van der Waals surface area (Å²) < 4.78 is 45.6. The summed E-state index contributed by atoms with van der Waals surface area (Å²) in [6.07, 6.45) is 2.88. The zero-order valence-corrected chi connectivity index (χ0v) is 23.5. The first kappa shape index (κ1) is 25.7. The van der Waals surface area contributed by atoms with Gasteiger partial charge >= 0.3 is 0 Å². The predicted molar refractivity (Wildman–Crippen MR) is 139 cm³/mol. The number of nitrogens with zero attached hydrogens (tertiary/aromatic N) is 5. The van der Waals surface area contributed by atoms with E-state index in [4.69, 9.17) is 25.8 Å². The van der Waals surface area contributed by atoms with Gasteiger partial charge in [0.2, 0.25) is 33.7 Å². The van der Waals surface area contributed by atoms with Gasteiger partial charge < -0.3 is 14.2 Å². The summed E-state index contributed by atoms with van der Waals surface area (Å²) in [6.45, 7) is 1.44. The van der Waals surface area contributed by atoms with Crippen molar-refractivity contribution in [3.05, 3.63) is 29.6 Å². The number of aliphatic imine (C=N–C) groups is 1. The van der Waals surface area contributed by atoms with Crippen molar-refractivity contribution in [1.29, 1.82) is 0 Å². The van der Waals surface area contributed by atoms with Gasteiger partial charge in [-0.05, 0) is 48.3 Å². The molecule has 2 atom stereocenters. The van der Waals surface area contributed by atoms with Crippen molar-refractivity contribution in [1.82, 2.24) is 35.5 Å². The normalized spacial score (nSPS) is 34.8. The Morgan fingerprint density at radius 3 is 2.08 bits per heavy atom. The number of nitrogens with one attached hydrogen (secondary N) is 3. The Labute approximate surface area is 234 Å². The highest BCUT2D eigenvalue weighted by Crippen LogP contribution is 3.05. The number of hydrogen-bond acceptors (Lipinski definition) is 11. The van der Waals surface area contributed by atoms with Crippen LogP contribution in [0.4, 0.5) is 5.69 Å². The van der Waals surface area contributed by atoms with Crippen molar-refractivity contribution in [2.24, 2.45) is 51.8 Å². The molecule has 0 radical (unpaired) electrons. The number of aromatic nitrogens is 4. The molecule has 3 N–H and O–H groups in total. The van der Waals surface area contributed by atoms with Gasteiger partial charge in [0, 0.05) is 19.5 Å². The van der Waals surface area contributed by atoms with E-state index in [2.05, 4.69) is 40.5 Å². The minimum Gasteiger partial charge on any atom is -0.479 e. The van der Waals surface area contributed by atoms with Crippen LogP contribution in [0.3, 0.4) is 0 Å². The Morgan fingerprint density at radius 2 is 1.55 bits per heavy atom. The number of carbonyl (C=O) groups excluding carboxylic acids is 1. The van der Waals surface area contributed by atoms with Crippen LogP contribution in [0.5, 0.6) is 11.8 Å². The number of guanidine groups is 1. The summed E-state index contributed by atoms with van der Waals surface area (Å²) in [5, 5.41) is -0.896. The number of carbonyl (C=O) groups is 1. The Balaban J connectivity index is 1.15. The van der Waals surface area contributed by atoms with E-state index in [1.165, 1.54) is 47.0 Å². The number of amides is 1. The molecule has 0 spiro atoms. The van der Waals surface area contributed by atoms with E-state index >= 15 is 0 Å². The highest BCUT2D eigenvalue weighted by molar-refractivity contribution is 7.90. The van der Waals surface area contributed by atoms with Crippen LogP contribution in [0.15, 0.2) is 23.7 Å². The number of methoxy groups -OCH3 is 3. The molecule has 0 saturated heterocycles. The van der Waals surface area contributed by atoms with Gasteiger partial charge in [-0.2, -0.15) is 9.97 Å². The van der Waals surface area contributed by atoms with Crippen LogP contribution < -0.4 is 25.0 Å². The molecule has 0 aromatic carbocycles. The molecule has 0 unspecified atom stereocenters. The van der Waals surface area contributed by atoms with E-state index < -0.39 is 21.4 Å². The minimum atomic E-state index is -4.22. The lowest BCUT2D eigenvalue weighted by Crippen LogP contribution is -3.07. The summed E-state index contributed by atoms with van der Waals surface area (Å²) in [5.74, 6) is 4.10. The standard InChI is InChI=1S/C24H27ClN8O6S/c1-8(18(37-2)19-26-5-9(25)6-27-19)40(35,36)33-23(30-17-20(38-3)28-7-29-21(17)39-4)32-31-22(34)24-14-11-10-12(14)16(24)13(10)15(11)24/h5-8,10-16,18H,1-4H3,(H,31,34)(H2,30,32,33)/t8-,10?,11?,12?,13?,14?,15?,16?,18-,24?/m0/s1. The average Bonchev–Trinajstić information content (AvgIpc) is 2.97. The predicted octanol–water partition coefficient (Wildman–Crippen LogP) is 0.609. The molecule has 14 nitrogen and oxygen atoms in total. The molecule has 1 amide bonds. The SMILES string of the molecule is COc1ncnc(OC)c1/N=C(/NNC(=O)C12C3C4C5C3C1C5C42)NS(=O)(=O)[C@@H](C)[C@H](OC)c1ncc(Cl)cn1. The fourth-order valence-electron chi connectivity index (χ4n) is 8.41. The molecule has 6 fully saturated rings. The maximum atomic E-state index is 13.6. The van der Waals surface area contributed by atoms with Gasteiger partial charge in [-0.3, -0.25) is 20.4 Å². The van der Waals surface area contributed by atoms with Crippen molar-refractivity contribution in [2.45, 2.75) is 18.3 Å². The number of ether oxygens (including phenoxy) is 3. The maximum absolute atomic E-state index is 13.6. The van der Waals surface area contributed by atoms with Gasteiger partial charge in [-0.1, -0.05) is 11.6 Å². The monoisotopic (exact) mass is 590 g/mol. The Bertz CT molecular complexity index is 1470. The fraction of sp³-hybridized carbons (Fsp3) is 0.583. The smallest absolute Gasteiger partial charge is 0.247 e. The fourth-order valence-corrected chi connectivity index (χ4v) is 9.61. The second-order valence-corrected chi connectivity index (χ2v) is 13.3. The second kappa shape index (κ2) is 8.60. The van der Waals surface area contributed by atoms with Gasteiger partial charge in [-0.15, -0.1) is 0 Å². The highest BCUT2D eigenvalue weighted by Gasteiger charge is 3.06. The Hall–Kier alpha value is -3.30. The van der Waals surface area contributed by atoms with Crippen molar-refractivity contribution >= 4 is 39.2 Å². The third-order valence-electron chi connectivity index (χ3n) is 9.83. The van der Waals surface area contributed by atoms with E-state index in [-0.39, 0.29) is 40.6 Å². The first-order valence-electron chi connectivity index (χ1n) is 12.8. The quantitative estimate of drug-likeness (QED) is 0.212. The third-order valence-corrected chi connectivity index (χ3v) is 11.7. The van der Waals surface area contributed by atoms with Crippen LogP contribution in [0.1, 0.15) is 18.9 Å². The molecule has 2 heterocycles. The molecular formula is C24H27ClN8O6S. The third kappa shape index (κ3) is 3.00. The highest BCUT2D eigenvalue weighted by atomic mass is 35.5. The number of hydrazine groups is 1. The van der Waals surface area contributed by atoms with Crippen LogP contribution in [0.2, 0.25) is 5.02 Å². The molecule has 0 aliphatic heterocycles. The number of rotatable bonds is 9. The molecule has 40 heavy (non-hydrogen) atoms. The Kier molecular flexibility index (Phi) is 5.52. The summed E-state index contributed by atoms with van der Waals surface area (Å²) in [5.41, 5.74) is 5.11.